The van der Waals surface area contributed by atoms with Gasteiger partial charge in [-0.25, -0.2) is 0 Å². The number of rotatable bonds is 3. The molecule has 0 saturated heterocycles. The fourth-order valence-corrected chi connectivity index (χ4v) is 7.65. The Hall–Kier alpha value is -6.12. The van der Waals surface area contributed by atoms with E-state index in [-0.39, 0.29) is 0 Å². The summed E-state index contributed by atoms with van der Waals surface area (Å²) >= 11 is 0. The lowest BCUT2D eigenvalue weighted by molar-refractivity contribution is 1.13. The third kappa shape index (κ3) is 3.59. The van der Waals surface area contributed by atoms with Gasteiger partial charge >= 0.3 is 0 Å². The molecule has 0 N–H and O–H groups in total. The van der Waals surface area contributed by atoms with Gasteiger partial charge in [-0.15, -0.1) is 0 Å². The maximum absolute atomic E-state index is 2.47. The lowest BCUT2D eigenvalue weighted by atomic mass is 9.94. The number of fused-ring (bicyclic) bond motifs is 11. The molecule has 0 aliphatic heterocycles. The molecule has 10 aromatic rings. The standard InChI is InChI=1S/C44H28N2/c1-2-10-29(11-3-1)30-18-20-31(21-19-30)45-27-26-40-42(45)25-24-39-38-16-8-9-17-43(38)46(44(39)40)32-22-23-37-35-14-5-4-12-33(35)34-13-6-7-15-36(34)41(37)28-32/h1-28H. The topological polar surface area (TPSA) is 9.86 Å². The first kappa shape index (κ1) is 25.2. The molecule has 0 spiro atoms. The van der Waals surface area contributed by atoms with Crippen LogP contribution in [-0.2, 0) is 0 Å². The van der Waals surface area contributed by atoms with E-state index in [2.05, 4.69) is 179 Å². The zero-order valence-corrected chi connectivity index (χ0v) is 25.1. The second kappa shape index (κ2) is 9.69. The van der Waals surface area contributed by atoms with Gasteiger partial charge in [-0.1, -0.05) is 121 Å². The highest BCUT2D eigenvalue weighted by Crippen LogP contribution is 2.40. The summed E-state index contributed by atoms with van der Waals surface area (Å²) in [6.07, 6.45) is 2.21. The van der Waals surface area contributed by atoms with Crippen LogP contribution in [-0.4, -0.2) is 9.13 Å². The summed E-state index contributed by atoms with van der Waals surface area (Å²) in [4.78, 5) is 0. The van der Waals surface area contributed by atoms with Crippen molar-refractivity contribution in [1.82, 2.24) is 9.13 Å². The lowest BCUT2D eigenvalue weighted by Crippen LogP contribution is -1.96. The average molecular weight is 585 g/mol. The van der Waals surface area contributed by atoms with Crippen LogP contribution < -0.4 is 0 Å². The smallest absolute Gasteiger partial charge is 0.0635 e. The Labute approximate surface area is 266 Å². The van der Waals surface area contributed by atoms with E-state index in [0.29, 0.717) is 0 Å². The first-order chi connectivity index (χ1) is 22.8. The predicted molar refractivity (Wildman–Crippen MR) is 196 cm³/mol. The van der Waals surface area contributed by atoms with E-state index in [0.717, 1.165) is 5.69 Å². The normalized spacial score (nSPS) is 11.9. The zero-order valence-electron chi connectivity index (χ0n) is 25.1. The van der Waals surface area contributed by atoms with Gasteiger partial charge in [0.05, 0.1) is 16.6 Å². The van der Waals surface area contributed by atoms with Gasteiger partial charge in [0.15, 0.2) is 0 Å². The summed E-state index contributed by atoms with van der Waals surface area (Å²) in [5.41, 5.74) is 8.43. The van der Waals surface area contributed by atoms with Gasteiger partial charge in [0.2, 0.25) is 0 Å². The van der Waals surface area contributed by atoms with E-state index >= 15 is 0 Å². The Balaban J connectivity index is 1.23. The van der Waals surface area contributed by atoms with Crippen molar-refractivity contribution in [2.24, 2.45) is 0 Å². The lowest BCUT2D eigenvalue weighted by Gasteiger charge is -2.14. The van der Waals surface area contributed by atoms with E-state index < -0.39 is 0 Å². The Bertz CT molecular complexity index is 2740. The minimum absolute atomic E-state index is 1.15. The quantitative estimate of drug-likeness (QED) is 0.183. The number of hydrogen-bond acceptors (Lipinski definition) is 0. The Kier molecular flexibility index (Phi) is 5.31. The summed E-state index contributed by atoms with van der Waals surface area (Å²) in [5.74, 6) is 0. The molecule has 0 bridgehead atoms. The minimum atomic E-state index is 1.15. The molecule has 2 aromatic heterocycles. The first-order valence-electron chi connectivity index (χ1n) is 15.9. The van der Waals surface area contributed by atoms with Crippen molar-refractivity contribution in [2.45, 2.75) is 0 Å². The van der Waals surface area contributed by atoms with Crippen LogP contribution in [0.5, 0.6) is 0 Å². The highest BCUT2D eigenvalue weighted by atomic mass is 15.0. The van der Waals surface area contributed by atoms with Crippen molar-refractivity contribution in [3.63, 3.8) is 0 Å². The van der Waals surface area contributed by atoms with Crippen LogP contribution >= 0.6 is 0 Å². The van der Waals surface area contributed by atoms with Crippen molar-refractivity contribution in [3.8, 4) is 22.5 Å². The molecular weight excluding hydrogens is 556 g/mol. The fourth-order valence-electron chi connectivity index (χ4n) is 7.65. The Morgan fingerprint density at radius 2 is 0.848 bits per heavy atom. The molecule has 0 aliphatic rings. The predicted octanol–water partition coefficient (Wildman–Crippen LogP) is 11.9. The number of nitrogens with zero attached hydrogens (tertiary/aromatic N) is 2. The zero-order chi connectivity index (χ0) is 30.2. The van der Waals surface area contributed by atoms with Crippen LogP contribution in [0.4, 0.5) is 0 Å². The van der Waals surface area contributed by atoms with Crippen molar-refractivity contribution < 1.29 is 0 Å². The minimum Gasteiger partial charge on any atom is -0.316 e. The number of hydrogen-bond donors (Lipinski definition) is 0. The molecule has 2 heteroatoms. The molecule has 2 nitrogen and oxygen atoms in total. The van der Waals surface area contributed by atoms with Gasteiger partial charge in [-0.05, 0) is 85.9 Å². The Morgan fingerprint density at radius 1 is 0.304 bits per heavy atom. The largest absolute Gasteiger partial charge is 0.316 e. The van der Waals surface area contributed by atoms with E-state index in [4.69, 9.17) is 0 Å². The van der Waals surface area contributed by atoms with Gasteiger partial charge in [-0.3, -0.25) is 0 Å². The number of para-hydroxylation sites is 1. The van der Waals surface area contributed by atoms with Crippen molar-refractivity contribution in [2.75, 3.05) is 0 Å². The molecule has 46 heavy (non-hydrogen) atoms. The molecule has 214 valence electrons. The highest BCUT2D eigenvalue weighted by Gasteiger charge is 2.18. The van der Waals surface area contributed by atoms with Crippen molar-refractivity contribution in [1.29, 1.82) is 0 Å². The van der Waals surface area contributed by atoms with Gasteiger partial charge < -0.3 is 9.13 Å². The molecule has 10 rings (SSSR count). The average Bonchev–Trinajstić information content (AvgIpc) is 3.72. The summed E-state index contributed by atoms with van der Waals surface area (Å²) < 4.78 is 4.78. The maximum atomic E-state index is 2.47. The number of aromatic nitrogens is 2. The van der Waals surface area contributed by atoms with Crippen LogP contribution in [0.25, 0.3) is 87.5 Å². The van der Waals surface area contributed by atoms with Gasteiger partial charge in [0.1, 0.15) is 0 Å². The first-order valence-corrected chi connectivity index (χ1v) is 15.9. The number of benzene rings is 8. The van der Waals surface area contributed by atoms with Crippen LogP contribution in [0, 0.1) is 0 Å². The van der Waals surface area contributed by atoms with Crippen LogP contribution in [0.15, 0.2) is 170 Å². The van der Waals surface area contributed by atoms with Crippen LogP contribution in [0.1, 0.15) is 0 Å². The van der Waals surface area contributed by atoms with Crippen LogP contribution in [0.2, 0.25) is 0 Å². The highest BCUT2D eigenvalue weighted by molar-refractivity contribution is 6.26. The molecule has 0 unspecified atom stereocenters. The van der Waals surface area contributed by atoms with E-state index in [1.165, 1.54) is 81.8 Å². The second-order valence-corrected chi connectivity index (χ2v) is 12.2. The summed E-state index contributed by atoms with van der Waals surface area (Å²) in [5, 5.41) is 11.5. The maximum Gasteiger partial charge on any atom is 0.0635 e. The summed E-state index contributed by atoms with van der Waals surface area (Å²) in [6.45, 7) is 0. The second-order valence-electron chi connectivity index (χ2n) is 12.2. The van der Waals surface area contributed by atoms with Gasteiger partial charge in [-0.2, -0.15) is 0 Å². The van der Waals surface area contributed by atoms with E-state index in [1.54, 1.807) is 0 Å². The van der Waals surface area contributed by atoms with Gasteiger partial charge in [0.25, 0.3) is 0 Å². The fraction of sp³-hybridized carbons (Fsp3) is 0. The van der Waals surface area contributed by atoms with E-state index in [1.807, 2.05) is 0 Å². The summed E-state index contributed by atoms with van der Waals surface area (Å²) in [7, 11) is 0. The van der Waals surface area contributed by atoms with E-state index in [9.17, 15) is 0 Å². The molecule has 2 heterocycles. The third-order valence-electron chi connectivity index (χ3n) is 9.74. The molecule has 0 aliphatic carbocycles. The third-order valence-corrected chi connectivity index (χ3v) is 9.74. The van der Waals surface area contributed by atoms with Gasteiger partial charge in [0, 0.05) is 33.7 Å². The molecule has 0 radical (unpaired) electrons. The Morgan fingerprint density at radius 3 is 1.57 bits per heavy atom. The van der Waals surface area contributed by atoms with Crippen molar-refractivity contribution >= 4 is 65.0 Å². The molecule has 0 amide bonds. The SMILES string of the molecule is c1ccc(-c2ccc(-n3ccc4c3ccc3c5ccccc5n(-c5ccc6c7ccccc7c7ccccc7c6c5)c34)cc2)cc1. The molecule has 0 saturated carbocycles. The molecule has 8 aromatic carbocycles. The monoisotopic (exact) mass is 584 g/mol. The molecule has 0 atom stereocenters. The summed E-state index contributed by atoms with van der Waals surface area (Å²) in [6, 6.07) is 59.7. The van der Waals surface area contributed by atoms with Crippen molar-refractivity contribution in [3.05, 3.63) is 170 Å². The molecule has 0 fully saturated rings. The molecular formula is C44H28N2. The van der Waals surface area contributed by atoms with Crippen LogP contribution in [0.3, 0.4) is 0 Å².